The fraction of sp³-hybridized carbons (Fsp3) is 0.250. The number of phenols is 3. The predicted octanol–water partition coefficient (Wildman–Crippen LogP) is 2.10. The van der Waals surface area contributed by atoms with Gasteiger partial charge in [-0.3, -0.25) is 14.2 Å². The van der Waals surface area contributed by atoms with Crippen molar-refractivity contribution >= 4 is 16.8 Å². The molecule has 146 valence electrons. The monoisotopic (exact) mass is 383 g/mol. The summed E-state index contributed by atoms with van der Waals surface area (Å²) in [5.74, 6) is -2.40. The Morgan fingerprint density at radius 1 is 1.11 bits per heavy atom. The Bertz CT molecular complexity index is 1110. The Labute approximate surface area is 160 Å². The van der Waals surface area contributed by atoms with Crippen molar-refractivity contribution in [3.05, 3.63) is 46.8 Å². The maximum atomic E-state index is 13.1. The molecule has 0 fully saturated rings. The molecule has 2 aromatic carbocycles. The van der Waals surface area contributed by atoms with Gasteiger partial charge in [-0.2, -0.15) is 0 Å². The smallest absolute Gasteiger partial charge is 0.266 e. The van der Waals surface area contributed by atoms with Gasteiger partial charge < -0.3 is 20.6 Å². The van der Waals surface area contributed by atoms with Crippen LogP contribution in [0.2, 0.25) is 0 Å². The van der Waals surface area contributed by atoms with E-state index in [1.165, 1.54) is 0 Å². The molecular formula is C20H21N3O5. The SMILES string of the molecule is CC(C)(C)NC(=O)Cn1c(-c2ccccc2)nc2cc(O)c(O)c(O)c2c1=O. The number of fused-ring (bicyclic) bond motifs is 1. The quantitative estimate of drug-likeness (QED) is 0.513. The summed E-state index contributed by atoms with van der Waals surface area (Å²) in [7, 11) is 0. The number of nitrogens with one attached hydrogen (secondary N) is 1. The molecule has 8 nitrogen and oxygen atoms in total. The van der Waals surface area contributed by atoms with Crippen LogP contribution < -0.4 is 10.9 Å². The molecule has 0 atom stereocenters. The molecule has 3 rings (SSSR count). The van der Waals surface area contributed by atoms with E-state index in [1.54, 1.807) is 30.3 Å². The zero-order valence-corrected chi connectivity index (χ0v) is 15.7. The third kappa shape index (κ3) is 3.62. The number of carbonyl (C=O) groups is 1. The molecule has 0 aliphatic carbocycles. The maximum absolute atomic E-state index is 13.1. The molecule has 28 heavy (non-hydrogen) atoms. The highest BCUT2D eigenvalue weighted by Crippen LogP contribution is 2.39. The van der Waals surface area contributed by atoms with E-state index >= 15 is 0 Å². The van der Waals surface area contributed by atoms with Crippen LogP contribution in [0.25, 0.3) is 22.3 Å². The van der Waals surface area contributed by atoms with Gasteiger partial charge in [-0.15, -0.1) is 0 Å². The Morgan fingerprint density at radius 3 is 2.36 bits per heavy atom. The molecule has 1 amide bonds. The second kappa shape index (κ2) is 6.88. The minimum Gasteiger partial charge on any atom is -0.504 e. The van der Waals surface area contributed by atoms with E-state index in [4.69, 9.17) is 0 Å². The zero-order chi connectivity index (χ0) is 20.6. The van der Waals surface area contributed by atoms with Crippen molar-refractivity contribution in [2.24, 2.45) is 0 Å². The largest absolute Gasteiger partial charge is 0.504 e. The molecule has 8 heteroatoms. The van der Waals surface area contributed by atoms with Crippen LogP contribution in [-0.4, -0.2) is 36.3 Å². The standard InChI is InChI=1S/C20H21N3O5/c1-20(2,3)22-14(25)10-23-18(11-7-5-4-6-8-11)21-12-9-13(24)16(26)17(27)15(12)19(23)28/h4-9,24,26-27H,10H2,1-3H3,(H,22,25). The van der Waals surface area contributed by atoms with Crippen LogP contribution in [0.5, 0.6) is 17.2 Å². The molecule has 3 aromatic rings. The normalized spacial score (nSPS) is 11.5. The van der Waals surface area contributed by atoms with Gasteiger partial charge in [-0.1, -0.05) is 30.3 Å². The van der Waals surface area contributed by atoms with Gasteiger partial charge in [0.2, 0.25) is 11.7 Å². The molecule has 0 bridgehead atoms. The average molecular weight is 383 g/mol. The fourth-order valence-corrected chi connectivity index (χ4v) is 2.89. The zero-order valence-electron chi connectivity index (χ0n) is 15.7. The minimum absolute atomic E-state index is 0.00383. The summed E-state index contributed by atoms with van der Waals surface area (Å²) in [5.41, 5.74) is -0.619. The highest BCUT2D eigenvalue weighted by Gasteiger charge is 2.22. The highest BCUT2D eigenvalue weighted by atomic mass is 16.3. The summed E-state index contributed by atoms with van der Waals surface area (Å²) in [6.45, 7) is 5.12. The van der Waals surface area contributed by atoms with E-state index in [9.17, 15) is 24.9 Å². The Balaban J connectivity index is 2.28. The lowest BCUT2D eigenvalue weighted by molar-refractivity contribution is -0.123. The number of phenolic OH excluding ortho intramolecular Hbond substituents is 3. The molecule has 0 aliphatic rings. The van der Waals surface area contributed by atoms with Gasteiger partial charge >= 0.3 is 0 Å². The summed E-state index contributed by atoms with van der Waals surface area (Å²) in [6, 6.07) is 9.87. The fourth-order valence-electron chi connectivity index (χ4n) is 2.89. The summed E-state index contributed by atoms with van der Waals surface area (Å²) >= 11 is 0. The van der Waals surface area contributed by atoms with Gasteiger partial charge in [0, 0.05) is 17.2 Å². The van der Waals surface area contributed by atoms with Crippen molar-refractivity contribution in [3.8, 4) is 28.6 Å². The van der Waals surface area contributed by atoms with Crippen molar-refractivity contribution < 1.29 is 20.1 Å². The molecule has 0 aliphatic heterocycles. The maximum Gasteiger partial charge on any atom is 0.266 e. The molecule has 0 radical (unpaired) electrons. The van der Waals surface area contributed by atoms with Gasteiger partial charge in [0.25, 0.3) is 5.56 Å². The highest BCUT2D eigenvalue weighted by molar-refractivity contribution is 5.90. The Hall–Kier alpha value is -3.55. The van der Waals surface area contributed by atoms with E-state index in [2.05, 4.69) is 10.3 Å². The number of hydrogen-bond donors (Lipinski definition) is 4. The number of rotatable bonds is 3. The van der Waals surface area contributed by atoms with E-state index in [0.29, 0.717) is 5.56 Å². The van der Waals surface area contributed by atoms with Crippen molar-refractivity contribution in [1.82, 2.24) is 14.9 Å². The van der Waals surface area contributed by atoms with Gasteiger partial charge in [0.05, 0.1) is 5.52 Å². The lowest BCUT2D eigenvalue weighted by atomic mass is 10.1. The number of amides is 1. The molecule has 0 unspecified atom stereocenters. The number of benzene rings is 2. The number of carbonyl (C=O) groups excluding carboxylic acids is 1. The second-order valence-corrected chi connectivity index (χ2v) is 7.48. The summed E-state index contributed by atoms with van der Waals surface area (Å²) < 4.78 is 1.13. The van der Waals surface area contributed by atoms with Gasteiger partial charge in [0.1, 0.15) is 17.8 Å². The van der Waals surface area contributed by atoms with E-state index < -0.39 is 34.3 Å². The average Bonchev–Trinajstić information content (AvgIpc) is 2.61. The van der Waals surface area contributed by atoms with Crippen LogP contribution in [0, 0.1) is 0 Å². The van der Waals surface area contributed by atoms with Crippen molar-refractivity contribution in [2.75, 3.05) is 0 Å². The minimum atomic E-state index is -0.815. The number of hydrogen-bond acceptors (Lipinski definition) is 6. The number of nitrogens with zero attached hydrogens (tertiary/aromatic N) is 2. The van der Waals surface area contributed by atoms with E-state index in [1.807, 2.05) is 20.8 Å². The van der Waals surface area contributed by atoms with Crippen LogP contribution in [0.3, 0.4) is 0 Å². The molecular weight excluding hydrogens is 362 g/mol. The van der Waals surface area contributed by atoms with Gasteiger partial charge in [-0.05, 0) is 20.8 Å². The van der Waals surface area contributed by atoms with Crippen LogP contribution in [0.15, 0.2) is 41.2 Å². The van der Waals surface area contributed by atoms with Crippen LogP contribution in [-0.2, 0) is 11.3 Å². The molecule has 4 N–H and O–H groups in total. The first kappa shape index (κ1) is 19.2. The molecule has 0 spiro atoms. The predicted molar refractivity (Wildman–Crippen MR) is 104 cm³/mol. The van der Waals surface area contributed by atoms with Gasteiger partial charge in [-0.25, -0.2) is 4.98 Å². The van der Waals surface area contributed by atoms with Crippen molar-refractivity contribution in [3.63, 3.8) is 0 Å². The van der Waals surface area contributed by atoms with Crippen molar-refractivity contribution in [2.45, 2.75) is 32.9 Å². The summed E-state index contributed by atoms with van der Waals surface area (Å²) in [5, 5.41) is 32.2. The molecule has 1 heterocycles. The third-order valence-corrected chi connectivity index (χ3v) is 4.02. The second-order valence-electron chi connectivity index (χ2n) is 7.48. The summed E-state index contributed by atoms with van der Waals surface area (Å²) in [6.07, 6.45) is 0. The lowest BCUT2D eigenvalue weighted by Crippen LogP contribution is -2.43. The lowest BCUT2D eigenvalue weighted by Gasteiger charge is -2.21. The first-order chi connectivity index (χ1) is 13.1. The van der Waals surface area contributed by atoms with Crippen LogP contribution >= 0.6 is 0 Å². The Morgan fingerprint density at radius 2 is 1.75 bits per heavy atom. The van der Waals surface area contributed by atoms with Crippen LogP contribution in [0.1, 0.15) is 20.8 Å². The third-order valence-electron chi connectivity index (χ3n) is 4.02. The van der Waals surface area contributed by atoms with E-state index in [0.717, 1.165) is 10.6 Å². The van der Waals surface area contributed by atoms with E-state index in [-0.39, 0.29) is 23.3 Å². The number of aromatic nitrogens is 2. The Kier molecular flexibility index (Phi) is 4.72. The summed E-state index contributed by atoms with van der Waals surface area (Å²) in [4.78, 5) is 29.9. The molecule has 0 saturated carbocycles. The molecule has 0 saturated heterocycles. The first-order valence-electron chi connectivity index (χ1n) is 8.63. The van der Waals surface area contributed by atoms with Gasteiger partial charge in [0.15, 0.2) is 11.5 Å². The number of aromatic hydroxyl groups is 3. The van der Waals surface area contributed by atoms with Crippen molar-refractivity contribution in [1.29, 1.82) is 0 Å². The molecule has 1 aromatic heterocycles. The topological polar surface area (TPSA) is 125 Å². The van der Waals surface area contributed by atoms with Crippen LogP contribution in [0.4, 0.5) is 0 Å². The first-order valence-corrected chi connectivity index (χ1v) is 8.63.